The number of benzene rings is 1. The first kappa shape index (κ1) is 13.2. The molecule has 1 aromatic carbocycles. The average molecular weight is 316 g/mol. The molecule has 0 saturated heterocycles. The summed E-state index contributed by atoms with van der Waals surface area (Å²) in [6, 6.07) is 5.29. The molecule has 0 amide bonds. The van der Waals surface area contributed by atoms with Crippen LogP contribution in [0, 0.1) is 0 Å². The Kier molecular flexibility index (Phi) is 3.06. The molecule has 2 aromatic rings. The summed E-state index contributed by atoms with van der Waals surface area (Å²) in [6.07, 6.45) is 0. The van der Waals surface area contributed by atoms with Gasteiger partial charge in [-0.2, -0.15) is 0 Å². The molecule has 0 N–H and O–H groups in total. The van der Waals surface area contributed by atoms with Crippen molar-refractivity contribution in [1.29, 1.82) is 0 Å². The van der Waals surface area contributed by atoms with Gasteiger partial charge in [0.2, 0.25) is 0 Å². The van der Waals surface area contributed by atoms with Crippen molar-refractivity contribution in [2.24, 2.45) is 7.05 Å². The van der Waals surface area contributed by atoms with Crippen molar-refractivity contribution < 1.29 is 17.9 Å². The SMILES string of the molecule is Cn1c(-c2cccc3c2OCCO3)nnc1S(=O)(=O)Cl. The number of halogens is 1. The topological polar surface area (TPSA) is 83.3 Å². The van der Waals surface area contributed by atoms with Gasteiger partial charge < -0.3 is 9.47 Å². The van der Waals surface area contributed by atoms with E-state index in [2.05, 4.69) is 10.2 Å². The maximum absolute atomic E-state index is 11.4. The summed E-state index contributed by atoms with van der Waals surface area (Å²) in [4.78, 5) is 0. The number of aromatic nitrogens is 3. The molecular weight excluding hydrogens is 306 g/mol. The van der Waals surface area contributed by atoms with Gasteiger partial charge in [-0.05, 0) is 12.1 Å². The molecule has 1 aliphatic heterocycles. The molecule has 7 nitrogen and oxygen atoms in total. The van der Waals surface area contributed by atoms with Crippen LogP contribution in [0.5, 0.6) is 11.5 Å². The molecule has 9 heteroatoms. The van der Waals surface area contributed by atoms with Crippen LogP contribution in [0.25, 0.3) is 11.4 Å². The van der Waals surface area contributed by atoms with Crippen LogP contribution in [-0.4, -0.2) is 36.4 Å². The molecule has 0 spiro atoms. The molecule has 0 saturated carbocycles. The highest BCUT2D eigenvalue weighted by molar-refractivity contribution is 8.13. The molecule has 0 fully saturated rings. The van der Waals surface area contributed by atoms with E-state index in [-0.39, 0.29) is 5.16 Å². The standard InChI is InChI=1S/C11H10ClN3O4S/c1-15-10(13-14-11(15)20(12,16)17)7-3-2-4-8-9(7)19-6-5-18-8/h2-4H,5-6H2,1H3. The summed E-state index contributed by atoms with van der Waals surface area (Å²) >= 11 is 0. The fourth-order valence-electron chi connectivity index (χ4n) is 2.01. The Morgan fingerprint density at radius 1 is 1.25 bits per heavy atom. The first-order valence-electron chi connectivity index (χ1n) is 5.71. The van der Waals surface area contributed by atoms with Crippen molar-refractivity contribution in [3.05, 3.63) is 18.2 Å². The van der Waals surface area contributed by atoms with Gasteiger partial charge in [0.15, 0.2) is 17.3 Å². The highest BCUT2D eigenvalue weighted by Gasteiger charge is 2.25. The number of ether oxygens (including phenoxy) is 2. The van der Waals surface area contributed by atoms with Crippen LogP contribution < -0.4 is 9.47 Å². The van der Waals surface area contributed by atoms with Gasteiger partial charge in [0.05, 0.1) is 5.56 Å². The molecule has 2 heterocycles. The van der Waals surface area contributed by atoms with E-state index in [1.165, 1.54) is 11.6 Å². The van der Waals surface area contributed by atoms with Crippen LogP contribution in [0.1, 0.15) is 0 Å². The van der Waals surface area contributed by atoms with Gasteiger partial charge >= 0.3 is 0 Å². The Labute approximate surface area is 119 Å². The predicted octanol–water partition coefficient (Wildman–Crippen LogP) is 1.18. The van der Waals surface area contributed by atoms with Crippen LogP contribution in [0.4, 0.5) is 0 Å². The summed E-state index contributed by atoms with van der Waals surface area (Å²) in [5.74, 6) is 1.45. The third kappa shape index (κ3) is 2.10. The lowest BCUT2D eigenvalue weighted by molar-refractivity contribution is 0.172. The minimum atomic E-state index is -3.95. The van der Waals surface area contributed by atoms with Gasteiger partial charge in [0.25, 0.3) is 14.2 Å². The van der Waals surface area contributed by atoms with Gasteiger partial charge in [-0.15, -0.1) is 10.2 Å². The first-order valence-corrected chi connectivity index (χ1v) is 8.02. The lowest BCUT2D eigenvalue weighted by Gasteiger charge is -2.20. The molecule has 1 aliphatic rings. The minimum Gasteiger partial charge on any atom is -0.486 e. The van der Waals surface area contributed by atoms with E-state index in [1.807, 2.05) is 0 Å². The van der Waals surface area contributed by atoms with Crippen LogP contribution in [0.15, 0.2) is 23.4 Å². The molecular formula is C11H10ClN3O4S. The number of nitrogens with zero attached hydrogens (tertiary/aromatic N) is 3. The van der Waals surface area contributed by atoms with Crippen molar-refractivity contribution in [3.8, 4) is 22.9 Å². The third-order valence-corrected chi connectivity index (χ3v) is 4.07. The smallest absolute Gasteiger partial charge is 0.296 e. The number of rotatable bonds is 2. The zero-order chi connectivity index (χ0) is 14.3. The van der Waals surface area contributed by atoms with Gasteiger partial charge in [0.1, 0.15) is 13.2 Å². The molecule has 0 radical (unpaired) electrons. The van der Waals surface area contributed by atoms with Crippen molar-refractivity contribution in [3.63, 3.8) is 0 Å². The number of hydrogen-bond acceptors (Lipinski definition) is 6. The Morgan fingerprint density at radius 3 is 2.70 bits per heavy atom. The van der Waals surface area contributed by atoms with E-state index >= 15 is 0 Å². The van der Waals surface area contributed by atoms with Gasteiger partial charge in [-0.3, -0.25) is 4.57 Å². The van der Waals surface area contributed by atoms with Gasteiger partial charge in [-0.1, -0.05) is 6.07 Å². The van der Waals surface area contributed by atoms with E-state index in [0.717, 1.165) is 0 Å². The van der Waals surface area contributed by atoms with Crippen LogP contribution >= 0.6 is 10.7 Å². The molecule has 0 atom stereocenters. The lowest BCUT2D eigenvalue weighted by Crippen LogP contribution is -2.16. The van der Waals surface area contributed by atoms with E-state index in [0.29, 0.717) is 36.1 Å². The zero-order valence-corrected chi connectivity index (χ0v) is 12.0. The summed E-state index contributed by atoms with van der Waals surface area (Å²) in [5.41, 5.74) is 0.601. The van der Waals surface area contributed by atoms with Crippen molar-refractivity contribution in [2.75, 3.05) is 13.2 Å². The minimum absolute atomic E-state index is 0.316. The lowest BCUT2D eigenvalue weighted by atomic mass is 10.1. The summed E-state index contributed by atoms with van der Waals surface area (Å²) in [6.45, 7) is 0.888. The molecule has 3 rings (SSSR count). The van der Waals surface area contributed by atoms with E-state index in [1.54, 1.807) is 18.2 Å². The summed E-state index contributed by atoms with van der Waals surface area (Å²) in [7, 11) is 2.87. The highest BCUT2D eigenvalue weighted by atomic mass is 35.7. The first-order chi connectivity index (χ1) is 9.48. The molecule has 20 heavy (non-hydrogen) atoms. The van der Waals surface area contributed by atoms with Crippen molar-refractivity contribution in [1.82, 2.24) is 14.8 Å². The summed E-state index contributed by atoms with van der Waals surface area (Å²) < 4.78 is 35.1. The predicted molar refractivity (Wildman–Crippen MR) is 70.5 cm³/mol. The van der Waals surface area contributed by atoms with E-state index < -0.39 is 9.05 Å². The second kappa shape index (κ2) is 4.64. The molecule has 1 aromatic heterocycles. The number of fused-ring (bicyclic) bond motifs is 1. The Balaban J connectivity index is 2.18. The zero-order valence-electron chi connectivity index (χ0n) is 10.4. The van der Waals surface area contributed by atoms with Crippen molar-refractivity contribution in [2.45, 2.75) is 5.16 Å². The molecule has 0 unspecified atom stereocenters. The quantitative estimate of drug-likeness (QED) is 0.774. The molecule has 106 valence electrons. The van der Waals surface area contributed by atoms with E-state index in [9.17, 15) is 8.42 Å². The van der Waals surface area contributed by atoms with Crippen LogP contribution in [-0.2, 0) is 16.1 Å². The third-order valence-electron chi connectivity index (χ3n) is 2.86. The van der Waals surface area contributed by atoms with E-state index in [4.69, 9.17) is 20.2 Å². The van der Waals surface area contributed by atoms with Crippen LogP contribution in [0.2, 0.25) is 0 Å². The van der Waals surface area contributed by atoms with Gasteiger partial charge in [-0.25, -0.2) is 8.42 Å². The fourth-order valence-corrected chi connectivity index (χ4v) is 2.97. The molecule has 0 aliphatic carbocycles. The summed E-state index contributed by atoms with van der Waals surface area (Å²) in [5, 5.41) is 7.17. The second-order valence-electron chi connectivity index (χ2n) is 4.13. The van der Waals surface area contributed by atoms with Crippen molar-refractivity contribution >= 4 is 19.7 Å². The Bertz CT molecular complexity index is 772. The Hall–Kier alpha value is -1.80. The fraction of sp³-hybridized carbons (Fsp3) is 0.273. The maximum Gasteiger partial charge on any atom is 0.296 e. The molecule has 0 bridgehead atoms. The largest absolute Gasteiger partial charge is 0.486 e. The average Bonchev–Trinajstić information content (AvgIpc) is 2.80. The van der Waals surface area contributed by atoms with Gasteiger partial charge in [0, 0.05) is 17.7 Å². The van der Waals surface area contributed by atoms with Crippen LogP contribution in [0.3, 0.4) is 0 Å². The normalized spacial score (nSPS) is 14.3. The second-order valence-corrected chi connectivity index (χ2v) is 6.59. The number of hydrogen-bond donors (Lipinski definition) is 0. The highest BCUT2D eigenvalue weighted by Crippen LogP contribution is 2.39. The maximum atomic E-state index is 11.4. The monoisotopic (exact) mass is 315 g/mol. The Morgan fingerprint density at radius 2 is 2.00 bits per heavy atom. The number of para-hydroxylation sites is 1.